The van der Waals surface area contributed by atoms with Crippen LogP contribution in [0.15, 0.2) is 0 Å². The summed E-state index contributed by atoms with van der Waals surface area (Å²) < 4.78 is 1.81. The van der Waals surface area contributed by atoms with Gasteiger partial charge in [-0.15, -0.1) is 0 Å². The maximum atomic E-state index is 10.8. The Morgan fingerprint density at radius 3 is 2.47 bits per heavy atom. The van der Waals surface area contributed by atoms with Gasteiger partial charge in [0.15, 0.2) is 6.29 Å². The Hall–Kier alpha value is -1.58. The van der Waals surface area contributed by atoms with Gasteiger partial charge in [0.25, 0.3) is 0 Å². The first-order valence-electron chi connectivity index (χ1n) is 4.80. The van der Waals surface area contributed by atoms with E-state index in [-0.39, 0.29) is 6.42 Å². The van der Waals surface area contributed by atoms with Gasteiger partial charge in [-0.25, -0.2) is 0 Å². The first-order chi connectivity index (χ1) is 6.99. The van der Waals surface area contributed by atoms with Gasteiger partial charge in [-0.1, -0.05) is 0 Å². The van der Waals surface area contributed by atoms with Gasteiger partial charge in [0, 0.05) is 19.2 Å². The Balaban J connectivity index is 3.07. The van der Waals surface area contributed by atoms with Crippen LogP contribution in [-0.4, -0.2) is 21.9 Å². The van der Waals surface area contributed by atoms with Crippen molar-refractivity contribution in [2.75, 3.05) is 0 Å². The van der Waals surface area contributed by atoms with Gasteiger partial charge in [-0.3, -0.25) is 9.59 Å². The molecular formula is C11H15NO3. The van der Waals surface area contributed by atoms with Gasteiger partial charge in [0.2, 0.25) is 0 Å². The topological polar surface area (TPSA) is 59.3 Å². The lowest BCUT2D eigenvalue weighted by Gasteiger charge is -2.00. The van der Waals surface area contributed by atoms with Crippen molar-refractivity contribution in [2.45, 2.75) is 26.7 Å². The number of carbonyl (C=O) groups excluding carboxylic acids is 1. The van der Waals surface area contributed by atoms with E-state index < -0.39 is 5.97 Å². The summed E-state index contributed by atoms with van der Waals surface area (Å²) in [6.07, 6.45) is 1.39. The van der Waals surface area contributed by atoms with Crippen molar-refractivity contribution in [2.24, 2.45) is 7.05 Å². The lowest BCUT2D eigenvalue weighted by molar-refractivity contribution is -0.136. The van der Waals surface area contributed by atoms with Crippen molar-refractivity contribution in [3.8, 4) is 0 Å². The summed E-state index contributed by atoms with van der Waals surface area (Å²) in [6, 6.07) is 0. The lowest BCUT2D eigenvalue weighted by atomic mass is 10.1. The van der Waals surface area contributed by atoms with Crippen molar-refractivity contribution >= 4 is 12.3 Å². The molecule has 0 saturated carbocycles. The molecule has 0 unspecified atom stereocenters. The number of rotatable bonds is 4. The molecule has 0 aromatic carbocycles. The summed E-state index contributed by atoms with van der Waals surface area (Å²) in [5, 5.41) is 8.61. The van der Waals surface area contributed by atoms with Crippen molar-refractivity contribution in [1.82, 2.24) is 4.57 Å². The largest absolute Gasteiger partial charge is 0.481 e. The van der Waals surface area contributed by atoms with Crippen LogP contribution in [0.4, 0.5) is 0 Å². The average molecular weight is 209 g/mol. The number of carboxylic acids is 1. The minimum Gasteiger partial charge on any atom is -0.481 e. The molecule has 0 fully saturated rings. The second-order valence-corrected chi connectivity index (χ2v) is 3.64. The van der Waals surface area contributed by atoms with Crippen LogP contribution in [0.2, 0.25) is 0 Å². The molecule has 82 valence electrons. The first-order valence-corrected chi connectivity index (χ1v) is 4.80. The number of aromatic nitrogens is 1. The predicted octanol–water partition coefficient (Wildman–Crippen LogP) is 1.47. The number of aldehydes is 1. The van der Waals surface area contributed by atoms with E-state index >= 15 is 0 Å². The predicted molar refractivity (Wildman–Crippen MR) is 56.2 cm³/mol. The zero-order valence-corrected chi connectivity index (χ0v) is 9.20. The van der Waals surface area contributed by atoms with Gasteiger partial charge < -0.3 is 9.67 Å². The zero-order valence-electron chi connectivity index (χ0n) is 9.20. The minimum absolute atomic E-state index is 0.101. The Kier molecular flexibility index (Phi) is 3.29. The zero-order chi connectivity index (χ0) is 11.6. The third-order valence-electron chi connectivity index (χ3n) is 2.84. The second kappa shape index (κ2) is 4.29. The maximum absolute atomic E-state index is 10.8. The fourth-order valence-electron chi connectivity index (χ4n) is 1.83. The smallest absolute Gasteiger partial charge is 0.303 e. The molecule has 0 radical (unpaired) electrons. The molecule has 1 heterocycles. The van der Waals surface area contributed by atoms with E-state index in [0.717, 1.165) is 23.1 Å². The third-order valence-corrected chi connectivity index (χ3v) is 2.84. The number of aliphatic carboxylic acids is 1. The van der Waals surface area contributed by atoms with E-state index in [9.17, 15) is 9.59 Å². The van der Waals surface area contributed by atoms with Crippen molar-refractivity contribution < 1.29 is 14.7 Å². The molecule has 0 aliphatic heterocycles. The molecule has 1 rings (SSSR count). The molecule has 0 spiro atoms. The Morgan fingerprint density at radius 1 is 1.47 bits per heavy atom. The summed E-state index contributed by atoms with van der Waals surface area (Å²) in [5.41, 5.74) is 3.47. The van der Waals surface area contributed by atoms with E-state index in [1.165, 1.54) is 0 Å². The highest BCUT2D eigenvalue weighted by Crippen LogP contribution is 2.21. The molecule has 4 nitrogen and oxygen atoms in total. The van der Waals surface area contributed by atoms with E-state index in [4.69, 9.17) is 5.11 Å². The summed E-state index contributed by atoms with van der Waals surface area (Å²) in [5.74, 6) is -0.815. The molecule has 0 amide bonds. The summed E-state index contributed by atoms with van der Waals surface area (Å²) in [7, 11) is 1.82. The number of nitrogens with zero attached hydrogens (tertiary/aromatic N) is 1. The Labute approximate surface area is 88.5 Å². The highest BCUT2D eigenvalue weighted by molar-refractivity contribution is 5.77. The van der Waals surface area contributed by atoms with E-state index in [0.29, 0.717) is 12.1 Å². The molecule has 15 heavy (non-hydrogen) atoms. The molecule has 1 aromatic heterocycles. The summed E-state index contributed by atoms with van der Waals surface area (Å²) in [6.45, 7) is 3.76. The van der Waals surface area contributed by atoms with Crippen LogP contribution in [0.3, 0.4) is 0 Å². The first kappa shape index (κ1) is 11.5. The number of hydrogen-bond acceptors (Lipinski definition) is 2. The Morgan fingerprint density at radius 2 is 2.07 bits per heavy atom. The lowest BCUT2D eigenvalue weighted by Crippen LogP contribution is -2.00. The van der Waals surface area contributed by atoms with E-state index in [1.54, 1.807) is 4.57 Å². The van der Waals surface area contributed by atoms with Crippen LogP contribution in [-0.2, 0) is 18.3 Å². The Bertz CT molecular complexity index is 404. The SMILES string of the molecule is Cc1c(CCC(=O)O)c(C)n(C)c1C=O. The van der Waals surface area contributed by atoms with Gasteiger partial charge in [0.05, 0.1) is 5.69 Å². The molecule has 0 bridgehead atoms. The molecular weight excluding hydrogens is 194 g/mol. The van der Waals surface area contributed by atoms with Crippen molar-refractivity contribution in [3.05, 3.63) is 22.5 Å². The quantitative estimate of drug-likeness (QED) is 0.764. The van der Waals surface area contributed by atoms with Crippen LogP contribution in [0.5, 0.6) is 0 Å². The molecule has 0 aliphatic carbocycles. The van der Waals surface area contributed by atoms with Gasteiger partial charge in [-0.05, 0) is 31.4 Å². The highest BCUT2D eigenvalue weighted by Gasteiger charge is 2.14. The van der Waals surface area contributed by atoms with Crippen LogP contribution in [0, 0.1) is 13.8 Å². The number of carbonyl (C=O) groups is 2. The average Bonchev–Trinajstić information content (AvgIpc) is 2.36. The van der Waals surface area contributed by atoms with Crippen LogP contribution >= 0.6 is 0 Å². The second-order valence-electron chi connectivity index (χ2n) is 3.64. The molecule has 0 saturated heterocycles. The summed E-state index contributed by atoms with van der Waals surface area (Å²) >= 11 is 0. The minimum atomic E-state index is -0.815. The van der Waals surface area contributed by atoms with E-state index in [2.05, 4.69) is 0 Å². The fraction of sp³-hybridized carbons (Fsp3) is 0.455. The maximum Gasteiger partial charge on any atom is 0.303 e. The van der Waals surface area contributed by atoms with E-state index in [1.807, 2.05) is 20.9 Å². The molecule has 1 aromatic rings. The molecule has 1 N–H and O–H groups in total. The van der Waals surface area contributed by atoms with Crippen molar-refractivity contribution in [3.63, 3.8) is 0 Å². The molecule has 0 aliphatic rings. The number of carboxylic acid groups (broad SMARTS) is 1. The van der Waals surface area contributed by atoms with Crippen LogP contribution in [0.1, 0.15) is 33.7 Å². The van der Waals surface area contributed by atoms with Gasteiger partial charge >= 0.3 is 5.97 Å². The molecule has 0 atom stereocenters. The fourth-order valence-corrected chi connectivity index (χ4v) is 1.83. The van der Waals surface area contributed by atoms with Crippen LogP contribution < -0.4 is 0 Å². The standard InChI is InChI=1S/C11H15NO3/c1-7-9(4-5-11(14)15)8(2)12(3)10(7)6-13/h6H,4-5H2,1-3H3,(H,14,15). The van der Waals surface area contributed by atoms with Crippen molar-refractivity contribution in [1.29, 1.82) is 0 Å². The highest BCUT2D eigenvalue weighted by atomic mass is 16.4. The molecule has 4 heteroatoms. The normalized spacial score (nSPS) is 10.3. The van der Waals surface area contributed by atoms with Gasteiger partial charge in [0.1, 0.15) is 0 Å². The monoisotopic (exact) mass is 209 g/mol. The van der Waals surface area contributed by atoms with Gasteiger partial charge in [-0.2, -0.15) is 0 Å². The van der Waals surface area contributed by atoms with Crippen LogP contribution in [0.25, 0.3) is 0 Å². The third kappa shape index (κ3) is 2.09. The summed E-state index contributed by atoms with van der Waals surface area (Å²) in [4.78, 5) is 21.3. The number of hydrogen-bond donors (Lipinski definition) is 1.